The molecule has 1 aliphatic carbocycles. The van der Waals surface area contributed by atoms with Gasteiger partial charge in [0.2, 0.25) is 0 Å². The summed E-state index contributed by atoms with van der Waals surface area (Å²) in [6.07, 6.45) is 4.60. The molecule has 90 valence electrons. The van der Waals surface area contributed by atoms with Crippen molar-refractivity contribution in [1.29, 1.82) is 0 Å². The lowest BCUT2D eigenvalue weighted by Crippen LogP contribution is -2.47. The van der Waals surface area contributed by atoms with Crippen LogP contribution in [0.3, 0.4) is 0 Å². The summed E-state index contributed by atoms with van der Waals surface area (Å²) in [6, 6.07) is -0.591. The molecule has 0 aromatic carbocycles. The molecule has 0 bridgehead atoms. The first-order valence-corrected chi connectivity index (χ1v) is 5.81. The largest absolute Gasteiger partial charge is 0.465 e. The maximum Gasteiger partial charge on any atom is 0.405 e. The van der Waals surface area contributed by atoms with Crippen LogP contribution in [0.1, 0.15) is 25.7 Å². The highest BCUT2D eigenvalue weighted by atomic mass is 16.4. The van der Waals surface area contributed by atoms with Crippen molar-refractivity contribution in [1.82, 2.24) is 10.2 Å². The summed E-state index contributed by atoms with van der Waals surface area (Å²) in [5.74, 6) is 0. The van der Waals surface area contributed by atoms with E-state index in [0.29, 0.717) is 18.2 Å². The van der Waals surface area contributed by atoms with Crippen molar-refractivity contribution in [2.24, 2.45) is 5.41 Å². The quantitative estimate of drug-likeness (QED) is 0.692. The Morgan fingerprint density at radius 1 is 1.50 bits per heavy atom. The summed E-state index contributed by atoms with van der Waals surface area (Å²) < 4.78 is 0. The minimum Gasteiger partial charge on any atom is -0.465 e. The van der Waals surface area contributed by atoms with Gasteiger partial charge in [-0.2, -0.15) is 0 Å². The van der Waals surface area contributed by atoms with Gasteiger partial charge in [-0.1, -0.05) is 0 Å². The Hall–Kier alpha value is -1.10. The first kappa shape index (κ1) is 11.4. The molecule has 0 aromatic heterocycles. The number of carbonyl (C=O) groups is 2. The number of hydrogen-bond donors (Lipinski definition) is 2. The SMILES string of the molecule is O=CC(CN1CCCC2(CC2)C1)NC(=O)O. The van der Waals surface area contributed by atoms with Crippen LogP contribution in [-0.2, 0) is 4.79 Å². The molecule has 1 unspecified atom stereocenters. The van der Waals surface area contributed by atoms with Gasteiger partial charge in [0.15, 0.2) is 0 Å². The smallest absolute Gasteiger partial charge is 0.405 e. The summed E-state index contributed by atoms with van der Waals surface area (Å²) in [5.41, 5.74) is 0.509. The highest BCUT2D eigenvalue weighted by molar-refractivity contribution is 5.71. The third-order valence-corrected chi connectivity index (χ3v) is 3.63. The molecular weight excluding hydrogens is 208 g/mol. The Kier molecular flexibility index (Phi) is 3.14. The van der Waals surface area contributed by atoms with Crippen molar-refractivity contribution in [3.63, 3.8) is 0 Å². The van der Waals surface area contributed by atoms with E-state index in [1.165, 1.54) is 25.7 Å². The molecule has 1 spiro atoms. The molecule has 1 heterocycles. The second-order valence-electron chi connectivity index (χ2n) is 5.03. The molecule has 1 atom stereocenters. The maximum atomic E-state index is 10.7. The van der Waals surface area contributed by atoms with Crippen molar-refractivity contribution in [2.45, 2.75) is 31.7 Å². The number of nitrogens with zero attached hydrogens (tertiary/aromatic N) is 1. The monoisotopic (exact) mass is 226 g/mol. The van der Waals surface area contributed by atoms with Crippen molar-refractivity contribution >= 4 is 12.4 Å². The molecule has 16 heavy (non-hydrogen) atoms. The number of aldehydes is 1. The molecule has 1 aliphatic heterocycles. The zero-order valence-electron chi connectivity index (χ0n) is 9.32. The lowest BCUT2D eigenvalue weighted by molar-refractivity contribution is -0.110. The minimum atomic E-state index is -1.13. The third-order valence-electron chi connectivity index (χ3n) is 3.63. The molecule has 2 N–H and O–H groups in total. The zero-order chi connectivity index (χ0) is 11.6. The first-order valence-electron chi connectivity index (χ1n) is 5.81. The van der Waals surface area contributed by atoms with E-state index in [1.807, 2.05) is 0 Å². The summed E-state index contributed by atoms with van der Waals surface area (Å²) >= 11 is 0. The van der Waals surface area contributed by atoms with Gasteiger partial charge in [-0.05, 0) is 37.6 Å². The highest BCUT2D eigenvalue weighted by Crippen LogP contribution is 2.51. The fraction of sp³-hybridized carbons (Fsp3) is 0.818. The van der Waals surface area contributed by atoms with Crippen LogP contribution in [0.25, 0.3) is 0 Å². The normalized spacial score (nSPS) is 25.0. The van der Waals surface area contributed by atoms with E-state index >= 15 is 0 Å². The number of amides is 1. The number of rotatable bonds is 4. The van der Waals surface area contributed by atoms with E-state index in [0.717, 1.165) is 13.1 Å². The fourth-order valence-electron chi connectivity index (χ4n) is 2.61. The second kappa shape index (κ2) is 4.41. The van der Waals surface area contributed by atoms with Crippen LogP contribution in [0, 0.1) is 5.41 Å². The van der Waals surface area contributed by atoms with Crippen molar-refractivity contribution in [3.8, 4) is 0 Å². The minimum absolute atomic E-state index is 0.509. The molecule has 2 fully saturated rings. The fourth-order valence-corrected chi connectivity index (χ4v) is 2.61. The molecule has 1 saturated carbocycles. The number of hydrogen-bond acceptors (Lipinski definition) is 3. The van der Waals surface area contributed by atoms with Gasteiger partial charge in [-0.15, -0.1) is 0 Å². The molecule has 5 nitrogen and oxygen atoms in total. The van der Waals surface area contributed by atoms with Crippen LogP contribution >= 0.6 is 0 Å². The highest BCUT2D eigenvalue weighted by Gasteiger charge is 2.45. The van der Waals surface area contributed by atoms with Gasteiger partial charge in [-0.25, -0.2) is 4.79 Å². The van der Waals surface area contributed by atoms with Gasteiger partial charge in [0.05, 0.1) is 0 Å². The van der Waals surface area contributed by atoms with E-state index in [-0.39, 0.29) is 0 Å². The molecule has 2 rings (SSSR count). The van der Waals surface area contributed by atoms with Crippen LogP contribution < -0.4 is 5.32 Å². The van der Waals surface area contributed by atoms with Gasteiger partial charge in [0.25, 0.3) is 0 Å². The van der Waals surface area contributed by atoms with E-state index in [9.17, 15) is 9.59 Å². The Labute approximate surface area is 94.8 Å². The molecule has 0 radical (unpaired) electrons. The number of carbonyl (C=O) groups excluding carboxylic acids is 1. The van der Waals surface area contributed by atoms with Crippen molar-refractivity contribution in [3.05, 3.63) is 0 Å². The Balaban J connectivity index is 1.82. The Morgan fingerprint density at radius 3 is 2.81 bits per heavy atom. The topological polar surface area (TPSA) is 69.6 Å². The van der Waals surface area contributed by atoms with Crippen molar-refractivity contribution in [2.75, 3.05) is 19.6 Å². The van der Waals surface area contributed by atoms with Gasteiger partial charge in [0, 0.05) is 13.1 Å². The van der Waals surface area contributed by atoms with E-state index in [1.54, 1.807) is 0 Å². The predicted octanol–water partition coefficient (Wildman–Crippen LogP) is 0.697. The van der Waals surface area contributed by atoms with Crippen LogP contribution in [0.4, 0.5) is 4.79 Å². The van der Waals surface area contributed by atoms with Crippen LogP contribution in [-0.4, -0.2) is 48.1 Å². The van der Waals surface area contributed by atoms with Crippen LogP contribution in [0.15, 0.2) is 0 Å². The maximum absolute atomic E-state index is 10.7. The summed E-state index contributed by atoms with van der Waals surface area (Å²) in [6.45, 7) is 2.52. The first-order chi connectivity index (χ1) is 7.63. The number of likely N-dealkylation sites (tertiary alicyclic amines) is 1. The predicted molar refractivity (Wildman–Crippen MR) is 58.4 cm³/mol. The van der Waals surface area contributed by atoms with Gasteiger partial charge in [0.1, 0.15) is 12.3 Å². The molecule has 5 heteroatoms. The van der Waals surface area contributed by atoms with Crippen LogP contribution in [0.5, 0.6) is 0 Å². The zero-order valence-corrected chi connectivity index (χ0v) is 9.32. The average molecular weight is 226 g/mol. The van der Waals surface area contributed by atoms with Gasteiger partial charge < -0.3 is 20.1 Å². The van der Waals surface area contributed by atoms with E-state index in [2.05, 4.69) is 10.2 Å². The Morgan fingerprint density at radius 2 is 2.25 bits per heavy atom. The molecule has 1 amide bonds. The molecular formula is C11H18N2O3. The third kappa shape index (κ3) is 2.72. The standard InChI is InChI=1S/C11H18N2O3/c14-7-9(12-10(15)16)6-13-5-1-2-11(8-13)3-4-11/h7,9,12H,1-6,8H2,(H,15,16). The summed E-state index contributed by atoms with van der Waals surface area (Å²) in [7, 11) is 0. The average Bonchev–Trinajstić information content (AvgIpc) is 2.96. The summed E-state index contributed by atoms with van der Waals surface area (Å²) in [4.78, 5) is 23.4. The lowest BCUT2D eigenvalue weighted by atomic mass is 9.95. The van der Waals surface area contributed by atoms with E-state index in [4.69, 9.17) is 5.11 Å². The number of nitrogens with one attached hydrogen (secondary N) is 1. The van der Waals surface area contributed by atoms with E-state index < -0.39 is 12.1 Å². The molecule has 0 aromatic rings. The Bertz CT molecular complexity index is 289. The molecule has 2 aliphatic rings. The number of carboxylic acid groups (broad SMARTS) is 1. The van der Waals surface area contributed by atoms with Crippen LogP contribution in [0.2, 0.25) is 0 Å². The van der Waals surface area contributed by atoms with Gasteiger partial charge >= 0.3 is 6.09 Å². The molecule has 1 saturated heterocycles. The summed E-state index contributed by atoms with van der Waals surface area (Å²) in [5, 5.41) is 10.8. The lowest BCUT2D eigenvalue weighted by Gasteiger charge is -2.34. The number of piperidine rings is 1. The van der Waals surface area contributed by atoms with Gasteiger partial charge in [-0.3, -0.25) is 0 Å². The second-order valence-corrected chi connectivity index (χ2v) is 5.03. The van der Waals surface area contributed by atoms with Crippen molar-refractivity contribution < 1.29 is 14.7 Å².